The van der Waals surface area contributed by atoms with Crippen molar-refractivity contribution in [3.05, 3.63) is 46.9 Å². The van der Waals surface area contributed by atoms with Crippen LogP contribution in [-0.2, 0) is 21.7 Å². The molecule has 2 heterocycles. The van der Waals surface area contributed by atoms with Gasteiger partial charge in [0.05, 0.1) is 21.8 Å². The van der Waals surface area contributed by atoms with Crippen LogP contribution in [0.4, 0.5) is 10.8 Å². The van der Waals surface area contributed by atoms with Gasteiger partial charge in [0.15, 0.2) is 10.3 Å². The number of hydrogen-bond acceptors (Lipinski definition) is 10. The fraction of sp³-hybridized carbons (Fsp3) is 0.143. The molecule has 0 radical (unpaired) electrons. The number of carbonyl (C=O) groups is 1. The molecule has 14 heteroatoms. The number of benzene rings is 1. The standard InChI is InChI=1S/C14H12N6O5S3/c1-19-8-16-18-14(19)26-7-11(21)17-13-15-6-12(27-13)28(24,25)10-4-2-9(3-5-10)20(22)23/h2-6,8H,7H2,1H3,(H,15,17,21). The third kappa shape index (κ3) is 4.35. The molecule has 0 saturated heterocycles. The number of nitrogens with zero attached hydrogens (tertiary/aromatic N) is 5. The third-order valence-corrected chi connectivity index (χ3v) is 7.53. The molecule has 1 aromatic carbocycles. The van der Waals surface area contributed by atoms with Gasteiger partial charge < -0.3 is 9.88 Å². The van der Waals surface area contributed by atoms with Gasteiger partial charge in [-0.1, -0.05) is 23.1 Å². The Morgan fingerprint density at radius 3 is 2.68 bits per heavy atom. The maximum Gasteiger partial charge on any atom is 0.269 e. The van der Waals surface area contributed by atoms with E-state index in [0.717, 1.165) is 41.8 Å². The lowest BCUT2D eigenvalue weighted by Gasteiger charge is -2.02. The van der Waals surface area contributed by atoms with Gasteiger partial charge in [-0.25, -0.2) is 13.4 Å². The van der Waals surface area contributed by atoms with Crippen molar-refractivity contribution < 1.29 is 18.1 Å². The molecule has 1 N–H and O–H groups in total. The summed E-state index contributed by atoms with van der Waals surface area (Å²) in [6.07, 6.45) is 2.64. The second-order valence-corrected chi connectivity index (χ2v) is 9.45. The van der Waals surface area contributed by atoms with E-state index in [1.54, 1.807) is 11.6 Å². The highest BCUT2D eigenvalue weighted by atomic mass is 32.2. The highest BCUT2D eigenvalue weighted by molar-refractivity contribution is 7.99. The van der Waals surface area contributed by atoms with Crippen molar-refractivity contribution in [3.8, 4) is 0 Å². The van der Waals surface area contributed by atoms with Crippen LogP contribution in [0.5, 0.6) is 0 Å². The Morgan fingerprint density at radius 2 is 2.07 bits per heavy atom. The fourth-order valence-electron chi connectivity index (χ4n) is 1.99. The molecule has 0 fully saturated rings. The smallest absolute Gasteiger partial charge is 0.269 e. The Kier molecular flexibility index (Phi) is 5.71. The molecule has 0 spiro atoms. The maximum atomic E-state index is 12.6. The van der Waals surface area contributed by atoms with Crippen molar-refractivity contribution in [1.29, 1.82) is 0 Å². The van der Waals surface area contributed by atoms with E-state index in [0.29, 0.717) is 5.16 Å². The minimum Gasteiger partial charge on any atom is -0.312 e. The molecule has 1 amide bonds. The summed E-state index contributed by atoms with van der Waals surface area (Å²) in [6, 6.07) is 4.53. The molecule has 0 saturated carbocycles. The summed E-state index contributed by atoms with van der Waals surface area (Å²) >= 11 is 1.97. The molecule has 0 aliphatic carbocycles. The molecule has 0 aliphatic rings. The Morgan fingerprint density at radius 1 is 1.36 bits per heavy atom. The monoisotopic (exact) mass is 440 g/mol. The van der Waals surface area contributed by atoms with E-state index in [4.69, 9.17) is 0 Å². The number of anilines is 1. The number of thioether (sulfide) groups is 1. The zero-order valence-electron chi connectivity index (χ0n) is 14.2. The van der Waals surface area contributed by atoms with Crippen LogP contribution in [-0.4, -0.2) is 44.7 Å². The summed E-state index contributed by atoms with van der Waals surface area (Å²) in [6.45, 7) is 0. The van der Waals surface area contributed by atoms with Gasteiger partial charge in [-0.15, -0.1) is 10.2 Å². The van der Waals surface area contributed by atoms with Gasteiger partial charge in [0.1, 0.15) is 10.5 Å². The van der Waals surface area contributed by atoms with E-state index in [1.807, 2.05) is 0 Å². The first-order valence-electron chi connectivity index (χ1n) is 7.49. The predicted molar refractivity (Wildman–Crippen MR) is 101 cm³/mol. The number of thiazole rings is 1. The predicted octanol–water partition coefficient (Wildman–Crippen LogP) is 1.74. The lowest BCUT2D eigenvalue weighted by molar-refractivity contribution is -0.384. The van der Waals surface area contributed by atoms with Crippen LogP contribution in [0.3, 0.4) is 0 Å². The second kappa shape index (κ2) is 8.04. The van der Waals surface area contributed by atoms with Crippen LogP contribution in [0.1, 0.15) is 0 Å². The first-order chi connectivity index (χ1) is 13.3. The van der Waals surface area contributed by atoms with Gasteiger partial charge in [0.25, 0.3) is 5.69 Å². The third-order valence-electron chi connectivity index (χ3n) is 3.36. The zero-order valence-corrected chi connectivity index (χ0v) is 16.6. The SMILES string of the molecule is Cn1cnnc1SCC(=O)Nc1ncc(S(=O)(=O)c2ccc([N+](=O)[O-])cc2)s1. The molecule has 146 valence electrons. The lowest BCUT2D eigenvalue weighted by Crippen LogP contribution is -2.14. The van der Waals surface area contributed by atoms with Crippen LogP contribution in [0.15, 0.2) is 51.1 Å². The minimum atomic E-state index is -3.89. The molecule has 2 aromatic heterocycles. The van der Waals surface area contributed by atoms with Gasteiger partial charge in [-0.2, -0.15) is 0 Å². The van der Waals surface area contributed by atoms with Gasteiger partial charge in [-0.05, 0) is 12.1 Å². The van der Waals surface area contributed by atoms with Crippen molar-refractivity contribution in [2.24, 2.45) is 7.05 Å². The van der Waals surface area contributed by atoms with Crippen molar-refractivity contribution in [3.63, 3.8) is 0 Å². The number of aromatic nitrogens is 4. The molecule has 11 nitrogen and oxygen atoms in total. The van der Waals surface area contributed by atoms with Crippen LogP contribution in [0.2, 0.25) is 0 Å². The van der Waals surface area contributed by atoms with E-state index in [9.17, 15) is 23.3 Å². The highest BCUT2D eigenvalue weighted by Crippen LogP contribution is 2.29. The molecule has 3 rings (SSSR count). The first kappa shape index (κ1) is 19.9. The molecule has 3 aromatic rings. The largest absolute Gasteiger partial charge is 0.312 e. The average molecular weight is 440 g/mol. The number of sulfone groups is 1. The fourth-order valence-corrected chi connectivity index (χ4v) is 5.13. The Bertz CT molecular complexity index is 1120. The molecular weight excluding hydrogens is 428 g/mol. The number of carbonyl (C=O) groups excluding carboxylic acids is 1. The summed E-state index contributed by atoms with van der Waals surface area (Å²) in [4.78, 5) is 25.9. The summed E-state index contributed by atoms with van der Waals surface area (Å²) in [5, 5.41) is 21.5. The Labute approximate surface area is 166 Å². The van der Waals surface area contributed by atoms with Gasteiger partial charge in [0, 0.05) is 19.2 Å². The number of nitro groups is 1. The number of aryl methyl sites for hydroxylation is 1. The van der Waals surface area contributed by atoms with Crippen molar-refractivity contribution >= 4 is 49.7 Å². The molecule has 0 bridgehead atoms. The van der Waals surface area contributed by atoms with Gasteiger partial charge in [0.2, 0.25) is 15.7 Å². The van der Waals surface area contributed by atoms with E-state index in [2.05, 4.69) is 20.5 Å². The van der Waals surface area contributed by atoms with E-state index >= 15 is 0 Å². The Hall–Kier alpha value is -2.84. The summed E-state index contributed by atoms with van der Waals surface area (Å²) < 4.78 is 26.8. The molecular formula is C14H12N6O5S3. The van der Waals surface area contributed by atoms with E-state index in [-0.39, 0.29) is 31.6 Å². The highest BCUT2D eigenvalue weighted by Gasteiger charge is 2.22. The first-order valence-corrected chi connectivity index (χ1v) is 10.8. The number of hydrogen-bond donors (Lipinski definition) is 1. The van der Waals surface area contributed by atoms with Gasteiger partial charge >= 0.3 is 0 Å². The van der Waals surface area contributed by atoms with Crippen LogP contribution in [0.25, 0.3) is 0 Å². The topological polar surface area (TPSA) is 150 Å². The van der Waals surface area contributed by atoms with Crippen LogP contribution >= 0.6 is 23.1 Å². The van der Waals surface area contributed by atoms with Crippen molar-refractivity contribution in [1.82, 2.24) is 19.7 Å². The maximum absolute atomic E-state index is 12.6. The molecule has 0 aliphatic heterocycles. The number of rotatable bonds is 7. The minimum absolute atomic E-state index is 0.0521. The van der Waals surface area contributed by atoms with Crippen LogP contribution < -0.4 is 5.32 Å². The quantitative estimate of drug-likeness (QED) is 0.329. The number of non-ortho nitro benzene ring substituents is 1. The van der Waals surface area contributed by atoms with Gasteiger partial charge in [-0.3, -0.25) is 14.9 Å². The number of nitro benzene ring substituents is 1. The van der Waals surface area contributed by atoms with E-state index < -0.39 is 14.8 Å². The number of amides is 1. The van der Waals surface area contributed by atoms with Crippen molar-refractivity contribution in [2.75, 3.05) is 11.1 Å². The second-order valence-electron chi connectivity index (χ2n) is 5.30. The summed E-state index contributed by atoms with van der Waals surface area (Å²) in [5.74, 6) is -0.321. The van der Waals surface area contributed by atoms with Crippen LogP contribution in [0, 0.1) is 10.1 Å². The normalized spacial score (nSPS) is 11.3. The van der Waals surface area contributed by atoms with Crippen molar-refractivity contribution in [2.45, 2.75) is 14.3 Å². The average Bonchev–Trinajstić information content (AvgIpc) is 3.29. The molecule has 28 heavy (non-hydrogen) atoms. The van der Waals surface area contributed by atoms with E-state index in [1.165, 1.54) is 18.1 Å². The number of nitrogens with one attached hydrogen (secondary N) is 1. The Balaban J connectivity index is 1.67. The zero-order chi connectivity index (χ0) is 20.3. The lowest BCUT2D eigenvalue weighted by atomic mass is 10.3. The molecule has 0 atom stereocenters. The molecule has 0 unspecified atom stereocenters. The summed E-state index contributed by atoms with van der Waals surface area (Å²) in [5.41, 5.74) is -0.211. The summed E-state index contributed by atoms with van der Waals surface area (Å²) in [7, 11) is -2.15.